The van der Waals surface area contributed by atoms with Gasteiger partial charge >= 0.3 is 6.18 Å². The predicted octanol–water partition coefficient (Wildman–Crippen LogP) is 2.51. The molecular weight excluding hydrogens is 359 g/mol. The summed E-state index contributed by atoms with van der Waals surface area (Å²) in [6.45, 7) is 1.64. The molecule has 2 aliphatic rings. The van der Waals surface area contributed by atoms with Crippen LogP contribution in [0.1, 0.15) is 41.6 Å². The second-order valence-electron chi connectivity index (χ2n) is 7.32. The van der Waals surface area contributed by atoms with Crippen molar-refractivity contribution < 1.29 is 22.8 Å². The first-order valence-electron chi connectivity index (χ1n) is 9.26. The van der Waals surface area contributed by atoms with Crippen molar-refractivity contribution in [3.63, 3.8) is 0 Å². The molecule has 3 rings (SSSR count). The Bertz CT molecular complexity index is 682. The minimum atomic E-state index is -4.42. The summed E-state index contributed by atoms with van der Waals surface area (Å²) in [5, 5.41) is 0. The van der Waals surface area contributed by atoms with Crippen LogP contribution in [-0.4, -0.2) is 53.8 Å². The van der Waals surface area contributed by atoms with E-state index in [1.807, 2.05) is 0 Å². The van der Waals surface area contributed by atoms with Crippen LogP contribution in [0, 0.1) is 5.92 Å². The van der Waals surface area contributed by atoms with Crippen molar-refractivity contribution in [1.82, 2.24) is 9.80 Å². The molecule has 1 aromatic carbocycles. The lowest BCUT2D eigenvalue weighted by Crippen LogP contribution is -2.52. The van der Waals surface area contributed by atoms with Crippen molar-refractivity contribution >= 4 is 11.8 Å². The summed E-state index contributed by atoms with van der Waals surface area (Å²) >= 11 is 0. The zero-order chi connectivity index (χ0) is 19.6. The summed E-state index contributed by atoms with van der Waals surface area (Å²) in [6, 6.07) is 4.31. The van der Waals surface area contributed by atoms with Gasteiger partial charge in [-0.3, -0.25) is 9.59 Å². The molecule has 1 saturated carbocycles. The molecule has 0 bridgehead atoms. The number of amides is 2. The highest BCUT2D eigenvalue weighted by atomic mass is 19.4. The molecule has 1 aliphatic carbocycles. The van der Waals surface area contributed by atoms with Gasteiger partial charge < -0.3 is 15.5 Å². The van der Waals surface area contributed by atoms with Crippen LogP contribution in [0.4, 0.5) is 13.2 Å². The largest absolute Gasteiger partial charge is 0.416 e. The van der Waals surface area contributed by atoms with Crippen LogP contribution in [0.2, 0.25) is 0 Å². The minimum Gasteiger partial charge on any atom is -0.339 e. The number of nitrogens with two attached hydrogens (primary N) is 1. The SMILES string of the molecule is NC1CCCC(C(=O)N2CCN(C(=O)c3ccc(C(F)(F)F)cc3)CC2)C1. The Kier molecular flexibility index (Phi) is 5.74. The van der Waals surface area contributed by atoms with Gasteiger partial charge in [-0.1, -0.05) is 6.42 Å². The molecule has 1 saturated heterocycles. The molecule has 27 heavy (non-hydrogen) atoms. The van der Waals surface area contributed by atoms with Crippen molar-refractivity contribution in [2.24, 2.45) is 11.7 Å². The molecule has 8 heteroatoms. The molecule has 0 aromatic heterocycles. The maximum absolute atomic E-state index is 12.6. The summed E-state index contributed by atoms with van der Waals surface area (Å²) in [6.07, 6.45) is -0.931. The van der Waals surface area contributed by atoms with Gasteiger partial charge in [0.2, 0.25) is 5.91 Å². The Morgan fingerprint density at radius 2 is 1.56 bits per heavy atom. The summed E-state index contributed by atoms with van der Waals surface area (Å²) in [4.78, 5) is 28.5. The quantitative estimate of drug-likeness (QED) is 0.853. The Morgan fingerprint density at radius 1 is 0.963 bits per heavy atom. The third-order valence-corrected chi connectivity index (χ3v) is 5.40. The van der Waals surface area contributed by atoms with E-state index in [9.17, 15) is 22.8 Å². The lowest BCUT2D eigenvalue weighted by atomic mass is 9.85. The van der Waals surface area contributed by atoms with E-state index in [0.29, 0.717) is 32.6 Å². The second kappa shape index (κ2) is 7.88. The summed E-state index contributed by atoms with van der Waals surface area (Å²) in [5.74, 6) is -0.242. The van der Waals surface area contributed by atoms with Crippen molar-refractivity contribution in [3.8, 4) is 0 Å². The first kappa shape index (κ1) is 19.7. The number of carbonyl (C=O) groups is 2. The molecule has 2 fully saturated rings. The normalized spacial score (nSPS) is 24.0. The van der Waals surface area contributed by atoms with Gasteiger partial charge in [-0.15, -0.1) is 0 Å². The van der Waals surface area contributed by atoms with E-state index < -0.39 is 11.7 Å². The summed E-state index contributed by atoms with van der Waals surface area (Å²) < 4.78 is 37.9. The van der Waals surface area contributed by atoms with Gasteiger partial charge in [-0.2, -0.15) is 13.2 Å². The average Bonchev–Trinajstić information content (AvgIpc) is 2.66. The molecular formula is C19H24F3N3O2. The highest BCUT2D eigenvalue weighted by molar-refractivity contribution is 5.94. The van der Waals surface area contributed by atoms with Gasteiger partial charge in [-0.05, 0) is 43.5 Å². The van der Waals surface area contributed by atoms with Crippen molar-refractivity contribution in [3.05, 3.63) is 35.4 Å². The van der Waals surface area contributed by atoms with Crippen LogP contribution in [0.15, 0.2) is 24.3 Å². The highest BCUT2D eigenvalue weighted by Gasteiger charge is 2.33. The summed E-state index contributed by atoms with van der Waals surface area (Å²) in [5.41, 5.74) is 5.41. The van der Waals surface area contributed by atoms with Gasteiger partial charge in [0.05, 0.1) is 5.56 Å². The number of rotatable bonds is 2. The molecule has 2 amide bonds. The van der Waals surface area contributed by atoms with Gasteiger partial charge in [-0.25, -0.2) is 0 Å². The van der Waals surface area contributed by atoms with Crippen LogP contribution in [0.5, 0.6) is 0 Å². The molecule has 1 heterocycles. The molecule has 2 atom stereocenters. The van der Waals surface area contributed by atoms with Gasteiger partial charge in [0.25, 0.3) is 5.91 Å². The number of piperazine rings is 1. The number of hydrogen-bond acceptors (Lipinski definition) is 3. The van der Waals surface area contributed by atoms with E-state index in [4.69, 9.17) is 5.73 Å². The Hall–Kier alpha value is -2.09. The molecule has 148 valence electrons. The average molecular weight is 383 g/mol. The van der Waals surface area contributed by atoms with Crippen molar-refractivity contribution in [1.29, 1.82) is 0 Å². The molecule has 1 aromatic rings. The van der Waals surface area contributed by atoms with Crippen molar-refractivity contribution in [2.45, 2.75) is 37.9 Å². The smallest absolute Gasteiger partial charge is 0.339 e. The molecule has 5 nitrogen and oxygen atoms in total. The van der Waals surface area contributed by atoms with E-state index in [1.165, 1.54) is 12.1 Å². The Morgan fingerprint density at radius 3 is 2.11 bits per heavy atom. The maximum atomic E-state index is 12.6. The highest BCUT2D eigenvalue weighted by Crippen LogP contribution is 2.29. The van der Waals surface area contributed by atoms with Crippen molar-refractivity contribution in [2.75, 3.05) is 26.2 Å². The van der Waals surface area contributed by atoms with Crippen LogP contribution >= 0.6 is 0 Å². The predicted molar refractivity (Wildman–Crippen MR) is 93.9 cm³/mol. The first-order chi connectivity index (χ1) is 12.8. The molecule has 2 N–H and O–H groups in total. The second-order valence-corrected chi connectivity index (χ2v) is 7.32. The van der Waals surface area contributed by atoms with E-state index >= 15 is 0 Å². The Labute approximate surface area is 156 Å². The molecule has 0 radical (unpaired) electrons. The standard InChI is InChI=1S/C19H24F3N3O2/c20-19(21,22)15-6-4-13(5-7-15)17(26)24-8-10-25(11-9-24)18(27)14-2-1-3-16(23)12-14/h4-7,14,16H,1-3,8-12,23H2. The van der Waals surface area contributed by atoms with Crippen LogP contribution in [-0.2, 0) is 11.0 Å². The lowest BCUT2D eigenvalue weighted by molar-refractivity contribution is -0.138. The fraction of sp³-hybridized carbons (Fsp3) is 0.579. The first-order valence-corrected chi connectivity index (χ1v) is 9.26. The Balaban J connectivity index is 1.55. The van der Waals surface area contributed by atoms with Gasteiger partial charge in [0, 0.05) is 43.7 Å². The van der Waals surface area contributed by atoms with Crippen LogP contribution < -0.4 is 5.73 Å². The van der Waals surface area contributed by atoms with Crippen LogP contribution in [0.25, 0.3) is 0 Å². The fourth-order valence-corrected chi connectivity index (χ4v) is 3.82. The third kappa shape index (κ3) is 4.61. The van der Waals surface area contributed by atoms with Gasteiger partial charge in [0.15, 0.2) is 0 Å². The lowest BCUT2D eigenvalue weighted by Gasteiger charge is -2.37. The van der Waals surface area contributed by atoms with E-state index in [0.717, 1.165) is 31.4 Å². The third-order valence-electron chi connectivity index (χ3n) is 5.40. The maximum Gasteiger partial charge on any atom is 0.416 e. The topological polar surface area (TPSA) is 66.6 Å². The van der Waals surface area contributed by atoms with Crippen LogP contribution in [0.3, 0.4) is 0 Å². The van der Waals surface area contributed by atoms with Gasteiger partial charge in [0.1, 0.15) is 0 Å². The van der Waals surface area contributed by atoms with E-state index in [-0.39, 0.29) is 29.3 Å². The molecule has 1 aliphatic heterocycles. The number of alkyl halides is 3. The number of hydrogen-bond donors (Lipinski definition) is 1. The summed E-state index contributed by atoms with van der Waals surface area (Å²) in [7, 11) is 0. The zero-order valence-electron chi connectivity index (χ0n) is 15.0. The fourth-order valence-electron chi connectivity index (χ4n) is 3.82. The minimum absolute atomic E-state index is 0.0362. The molecule has 0 spiro atoms. The molecule has 2 unspecified atom stereocenters. The number of benzene rings is 1. The number of halogens is 3. The number of carbonyl (C=O) groups excluding carboxylic acids is 2. The van der Waals surface area contributed by atoms with E-state index in [1.54, 1.807) is 9.80 Å². The number of nitrogens with zero attached hydrogens (tertiary/aromatic N) is 2. The monoisotopic (exact) mass is 383 g/mol. The van der Waals surface area contributed by atoms with E-state index in [2.05, 4.69) is 0 Å². The zero-order valence-corrected chi connectivity index (χ0v) is 15.0.